The van der Waals surface area contributed by atoms with Crippen LogP contribution in [0.3, 0.4) is 0 Å². The van der Waals surface area contributed by atoms with Crippen LogP contribution in [0.5, 0.6) is 0 Å². The first-order chi connectivity index (χ1) is 3.91. The lowest BCUT2D eigenvalue weighted by Crippen LogP contribution is -2.28. The molecule has 0 aromatic rings. The van der Waals surface area contributed by atoms with Gasteiger partial charge in [-0.15, -0.1) is 0 Å². The summed E-state index contributed by atoms with van der Waals surface area (Å²) in [6.45, 7) is 6.87. The third-order valence-corrected chi connectivity index (χ3v) is 1.60. The molecule has 9 heavy (non-hydrogen) atoms. The summed E-state index contributed by atoms with van der Waals surface area (Å²) in [4.78, 5) is 0. The zero-order chi connectivity index (χ0) is 7.12. The third kappa shape index (κ3) is 2.33. The number of hydrogen-bond donors (Lipinski definition) is 2. The largest absolute Gasteiger partial charge is 0.390 e. The number of aliphatic hydroxyl groups is 1. The van der Waals surface area contributed by atoms with Crippen LogP contribution in [-0.4, -0.2) is 22.8 Å². The van der Waals surface area contributed by atoms with Crippen molar-refractivity contribution in [3.8, 4) is 0 Å². The normalized spacial score (nSPS) is 34.7. The zero-order valence-corrected chi connectivity index (χ0v) is 6.36. The molecule has 54 valence electrons. The van der Waals surface area contributed by atoms with Crippen molar-refractivity contribution in [2.24, 2.45) is 0 Å². The Hall–Kier alpha value is -0.0800. The second kappa shape index (κ2) is 1.70. The van der Waals surface area contributed by atoms with Crippen LogP contribution in [0.4, 0.5) is 0 Å². The highest BCUT2D eigenvalue weighted by atomic mass is 16.3. The molecule has 1 atom stereocenters. The van der Waals surface area contributed by atoms with E-state index < -0.39 is 5.60 Å². The van der Waals surface area contributed by atoms with E-state index in [9.17, 15) is 5.11 Å². The molecule has 0 amide bonds. The van der Waals surface area contributed by atoms with E-state index in [-0.39, 0.29) is 5.54 Å². The van der Waals surface area contributed by atoms with Gasteiger partial charge in [0.25, 0.3) is 0 Å². The molecule has 1 rings (SSSR count). The van der Waals surface area contributed by atoms with Crippen molar-refractivity contribution in [3.63, 3.8) is 0 Å². The summed E-state index contributed by atoms with van der Waals surface area (Å²) in [5.41, 5.74) is -0.281. The molecule has 0 saturated carbocycles. The molecule has 1 saturated heterocycles. The zero-order valence-electron chi connectivity index (χ0n) is 6.36. The predicted octanol–water partition coefficient (Wildman–Crippen LogP) is 0.509. The molecule has 0 spiro atoms. The Bertz CT molecular complexity index is 107. The van der Waals surface area contributed by atoms with Crippen LogP contribution in [0, 0.1) is 0 Å². The van der Waals surface area contributed by atoms with E-state index in [1.165, 1.54) is 0 Å². The van der Waals surface area contributed by atoms with Gasteiger partial charge in [-0.1, -0.05) is 0 Å². The lowest BCUT2D eigenvalue weighted by atomic mass is 9.95. The molecule has 0 radical (unpaired) electrons. The van der Waals surface area contributed by atoms with Gasteiger partial charge in [0.05, 0.1) is 5.60 Å². The third-order valence-electron chi connectivity index (χ3n) is 1.60. The molecule has 0 bridgehead atoms. The van der Waals surface area contributed by atoms with Crippen molar-refractivity contribution in [1.82, 2.24) is 5.32 Å². The van der Waals surface area contributed by atoms with Crippen molar-refractivity contribution in [2.45, 2.75) is 38.3 Å². The van der Waals surface area contributed by atoms with Crippen LogP contribution in [0.1, 0.15) is 27.2 Å². The van der Waals surface area contributed by atoms with E-state index in [2.05, 4.69) is 12.2 Å². The van der Waals surface area contributed by atoms with Gasteiger partial charge in [-0.05, 0) is 27.2 Å². The van der Waals surface area contributed by atoms with E-state index >= 15 is 0 Å². The molecule has 1 aliphatic heterocycles. The Morgan fingerprint density at radius 2 is 2.11 bits per heavy atom. The molecule has 1 unspecified atom stereocenters. The smallest absolute Gasteiger partial charge is 0.0609 e. The maximum Gasteiger partial charge on any atom is 0.0609 e. The summed E-state index contributed by atoms with van der Waals surface area (Å²) < 4.78 is 0. The quantitative estimate of drug-likeness (QED) is 0.533. The Morgan fingerprint density at radius 1 is 1.67 bits per heavy atom. The average molecular weight is 129 g/mol. The fourth-order valence-corrected chi connectivity index (χ4v) is 1.23. The van der Waals surface area contributed by atoms with Gasteiger partial charge in [0.2, 0.25) is 0 Å². The lowest BCUT2D eigenvalue weighted by molar-refractivity contribution is 0.0615. The molecule has 2 nitrogen and oxygen atoms in total. The van der Waals surface area contributed by atoms with E-state index in [0.29, 0.717) is 0 Å². The molecule has 1 fully saturated rings. The van der Waals surface area contributed by atoms with Crippen molar-refractivity contribution in [2.75, 3.05) is 6.54 Å². The van der Waals surface area contributed by atoms with E-state index in [4.69, 9.17) is 0 Å². The molecule has 0 aromatic heterocycles. The standard InChI is InChI=1S/C7H15NO/c1-6(2,9)4-7(3)5-8-7/h8-9H,4-5H2,1-3H3. The first-order valence-corrected chi connectivity index (χ1v) is 3.39. The second-order valence-electron chi connectivity index (χ2n) is 3.90. The van der Waals surface area contributed by atoms with Gasteiger partial charge < -0.3 is 10.4 Å². The van der Waals surface area contributed by atoms with Crippen molar-refractivity contribution in [3.05, 3.63) is 0 Å². The fraction of sp³-hybridized carbons (Fsp3) is 1.00. The Morgan fingerprint density at radius 3 is 2.22 bits per heavy atom. The van der Waals surface area contributed by atoms with Crippen LogP contribution < -0.4 is 5.32 Å². The predicted molar refractivity (Wildman–Crippen MR) is 37.3 cm³/mol. The van der Waals surface area contributed by atoms with Crippen LogP contribution in [0.15, 0.2) is 0 Å². The first kappa shape index (κ1) is 7.03. The Balaban J connectivity index is 2.33. The van der Waals surface area contributed by atoms with Crippen molar-refractivity contribution in [1.29, 1.82) is 0 Å². The molecule has 0 aliphatic carbocycles. The minimum atomic E-state index is -0.516. The van der Waals surface area contributed by atoms with Crippen LogP contribution in [-0.2, 0) is 0 Å². The van der Waals surface area contributed by atoms with Gasteiger partial charge in [0, 0.05) is 12.1 Å². The highest BCUT2D eigenvalue weighted by Crippen LogP contribution is 2.26. The minimum Gasteiger partial charge on any atom is -0.390 e. The number of nitrogens with one attached hydrogen (secondary N) is 1. The summed E-state index contributed by atoms with van der Waals surface area (Å²) in [5, 5.41) is 12.6. The van der Waals surface area contributed by atoms with Crippen LogP contribution in [0.25, 0.3) is 0 Å². The van der Waals surface area contributed by atoms with Gasteiger partial charge >= 0.3 is 0 Å². The molecule has 1 aliphatic rings. The summed E-state index contributed by atoms with van der Waals surface area (Å²) in [7, 11) is 0. The minimum absolute atomic E-state index is 0.234. The molecular formula is C7H15NO. The van der Waals surface area contributed by atoms with Gasteiger partial charge in [0.15, 0.2) is 0 Å². The molecule has 0 aromatic carbocycles. The maximum atomic E-state index is 9.35. The van der Waals surface area contributed by atoms with Crippen molar-refractivity contribution >= 4 is 0 Å². The Labute approximate surface area is 56.3 Å². The topological polar surface area (TPSA) is 42.2 Å². The van der Waals surface area contributed by atoms with Crippen LogP contribution >= 0.6 is 0 Å². The number of hydrogen-bond acceptors (Lipinski definition) is 2. The van der Waals surface area contributed by atoms with Crippen LogP contribution in [0.2, 0.25) is 0 Å². The Kier molecular flexibility index (Phi) is 1.33. The highest BCUT2D eigenvalue weighted by Gasteiger charge is 2.40. The van der Waals surface area contributed by atoms with Gasteiger partial charge in [-0.25, -0.2) is 0 Å². The fourth-order valence-electron chi connectivity index (χ4n) is 1.23. The summed E-state index contributed by atoms with van der Waals surface area (Å²) in [6.07, 6.45) is 0.847. The second-order valence-corrected chi connectivity index (χ2v) is 3.90. The van der Waals surface area contributed by atoms with Gasteiger partial charge in [0.1, 0.15) is 0 Å². The SMILES string of the molecule is CC(C)(O)CC1(C)CN1. The van der Waals surface area contributed by atoms with E-state index in [1.54, 1.807) is 0 Å². The molecular weight excluding hydrogens is 114 g/mol. The van der Waals surface area contributed by atoms with Gasteiger partial charge in [-0.2, -0.15) is 0 Å². The van der Waals surface area contributed by atoms with E-state index in [1.807, 2.05) is 13.8 Å². The first-order valence-electron chi connectivity index (χ1n) is 3.39. The average Bonchev–Trinajstić information content (AvgIpc) is 2.12. The summed E-state index contributed by atoms with van der Waals surface area (Å²) in [6, 6.07) is 0. The highest BCUT2D eigenvalue weighted by molar-refractivity contribution is 5.02. The molecule has 2 heteroatoms. The van der Waals surface area contributed by atoms with Crippen molar-refractivity contribution < 1.29 is 5.11 Å². The molecule has 1 heterocycles. The van der Waals surface area contributed by atoms with E-state index in [0.717, 1.165) is 13.0 Å². The monoisotopic (exact) mass is 129 g/mol. The summed E-state index contributed by atoms with van der Waals surface area (Å²) in [5.74, 6) is 0. The molecule has 2 N–H and O–H groups in total. The summed E-state index contributed by atoms with van der Waals surface area (Å²) >= 11 is 0. The number of rotatable bonds is 2. The lowest BCUT2D eigenvalue weighted by Gasteiger charge is -2.20. The maximum absolute atomic E-state index is 9.35. The van der Waals surface area contributed by atoms with Gasteiger partial charge in [-0.3, -0.25) is 0 Å².